The Balaban J connectivity index is 2.22. The van der Waals surface area contributed by atoms with Crippen LogP contribution in [0, 0.1) is 0 Å². The molecule has 0 saturated carbocycles. The summed E-state index contributed by atoms with van der Waals surface area (Å²) in [6, 6.07) is 4.70. The highest BCUT2D eigenvalue weighted by Gasteiger charge is 2.34. The molecule has 128 valence electrons. The van der Waals surface area contributed by atoms with Crippen molar-refractivity contribution in [1.82, 2.24) is 15.3 Å². The minimum atomic E-state index is -4.58. The zero-order valence-electron chi connectivity index (χ0n) is 13.6. The van der Waals surface area contributed by atoms with Gasteiger partial charge in [0.05, 0.1) is 16.8 Å². The van der Waals surface area contributed by atoms with E-state index in [1.54, 1.807) is 6.20 Å². The molecule has 1 aromatic carbocycles. The van der Waals surface area contributed by atoms with Crippen molar-refractivity contribution in [2.45, 2.75) is 38.9 Å². The van der Waals surface area contributed by atoms with Gasteiger partial charge in [-0.25, -0.2) is 9.97 Å². The molecule has 0 unspecified atom stereocenters. The van der Waals surface area contributed by atoms with E-state index in [0.29, 0.717) is 5.56 Å². The van der Waals surface area contributed by atoms with Crippen LogP contribution in [0.1, 0.15) is 48.0 Å². The van der Waals surface area contributed by atoms with E-state index in [4.69, 9.17) is 0 Å². The van der Waals surface area contributed by atoms with Gasteiger partial charge in [-0.2, -0.15) is 13.2 Å². The van der Waals surface area contributed by atoms with Crippen LogP contribution in [-0.4, -0.2) is 15.9 Å². The van der Waals surface area contributed by atoms with Crippen LogP contribution in [0.3, 0.4) is 0 Å². The molecule has 0 fully saturated rings. The number of aromatic nitrogens is 2. The Morgan fingerprint density at radius 3 is 2.46 bits per heavy atom. The molecule has 0 radical (unpaired) electrons. The molecule has 1 heterocycles. The molecule has 7 heteroatoms. The van der Waals surface area contributed by atoms with Gasteiger partial charge in [0, 0.05) is 23.7 Å². The number of benzene rings is 1. The number of hydrogen-bond acceptors (Lipinski definition) is 3. The number of halogens is 3. The summed E-state index contributed by atoms with van der Waals surface area (Å²) < 4.78 is 39.0. The maximum absolute atomic E-state index is 13.0. The smallest absolute Gasteiger partial charge is 0.348 e. The molecule has 0 spiro atoms. The van der Waals surface area contributed by atoms with E-state index in [1.165, 1.54) is 18.5 Å². The first-order valence-electron chi connectivity index (χ1n) is 7.34. The number of amides is 1. The molecule has 0 atom stereocenters. The quantitative estimate of drug-likeness (QED) is 0.929. The van der Waals surface area contributed by atoms with Gasteiger partial charge in [-0.3, -0.25) is 4.79 Å². The molecule has 1 N–H and O–H groups in total. The molecule has 1 aromatic heterocycles. The van der Waals surface area contributed by atoms with Crippen LogP contribution in [-0.2, 0) is 18.1 Å². The first-order valence-corrected chi connectivity index (χ1v) is 7.34. The lowest BCUT2D eigenvalue weighted by atomic mass is 9.89. The van der Waals surface area contributed by atoms with Gasteiger partial charge in [-0.1, -0.05) is 32.9 Å². The number of hydrogen-bond donors (Lipinski definition) is 1. The molecule has 4 nitrogen and oxygen atoms in total. The normalized spacial score (nSPS) is 12.1. The summed E-state index contributed by atoms with van der Waals surface area (Å²) in [5.41, 5.74) is -0.223. The van der Waals surface area contributed by atoms with Gasteiger partial charge in [0.1, 0.15) is 6.33 Å². The zero-order chi connectivity index (χ0) is 18.0. The van der Waals surface area contributed by atoms with Gasteiger partial charge < -0.3 is 5.32 Å². The third-order valence-corrected chi connectivity index (χ3v) is 3.41. The highest BCUT2D eigenvalue weighted by molar-refractivity contribution is 5.95. The Bertz CT molecular complexity index is 736. The molecular formula is C17H18F3N3O. The summed E-state index contributed by atoms with van der Waals surface area (Å²) in [5, 5.41) is 2.52. The lowest BCUT2D eigenvalue weighted by Gasteiger charge is -2.21. The molecule has 1 amide bonds. The number of nitrogens with one attached hydrogen (secondary N) is 1. The lowest BCUT2D eigenvalue weighted by molar-refractivity contribution is -0.137. The second-order valence-electron chi connectivity index (χ2n) is 6.37. The van der Waals surface area contributed by atoms with Crippen LogP contribution in [0.4, 0.5) is 13.2 Å². The Kier molecular flexibility index (Phi) is 4.91. The maximum atomic E-state index is 13.0. The van der Waals surface area contributed by atoms with E-state index in [0.717, 1.165) is 17.8 Å². The molecule has 2 aromatic rings. The van der Waals surface area contributed by atoms with Crippen LogP contribution >= 0.6 is 0 Å². The fourth-order valence-electron chi connectivity index (χ4n) is 2.36. The Morgan fingerprint density at radius 2 is 1.83 bits per heavy atom. The topological polar surface area (TPSA) is 54.9 Å². The first kappa shape index (κ1) is 17.9. The van der Waals surface area contributed by atoms with Crippen LogP contribution < -0.4 is 5.32 Å². The van der Waals surface area contributed by atoms with Gasteiger partial charge in [0.25, 0.3) is 5.91 Å². The van der Waals surface area contributed by atoms with Crippen LogP contribution in [0.5, 0.6) is 0 Å². The Hall–Kier alpha value is -2.44. The predicted molar refractivity (Wildman–Crippen MR) is 83.3 cm³/mol. The van der Waals surface area contributed by atoms with Gasteiger partial charge in [0.2, 0.25) is 0 Å². The lowest BCUT2D eigenvalue weighted by Crippen LogP contribution is -2.28. The number of alkyl halides is 3. The van der Waals surface area contributed by atoms with Crippen LogP contribution in [0.2, 0.25) is 0 Å². The van der Waals surface area contributed by atoms with E-state index >= 15 is 0 Å². The Morgan fingerprint density at radius 1 is 1.17 bits per heavy atom. The van der Waals surface area contributed by atoms with Gasteiger partial charge in [-0.15, -0.1) is 0 Å². The molecule has 2 rings (SSSR count). The first-order chi connectivity index (χ1) is 11.1. The van der Waals surface area contributed by atoms with E-state index in [-0.39, 0.29) is 12.0 Å². The number of carbonyl (C=O) groups is 1. The summed E-state index contributed by atoms with van der Waals surface area (Å²) >= 11 is 0. The van der Waals surface area contributed by atoms with Crippen molar-refractivity contribution in [2.24, 2.45) is 0 Å². The molecule has 0 aliphatic carbocycles. The average Bonchev–Trinajstić information content (AvgIpc) is 2.51. The van der Waals surface area contributed by atoms with E-state index < -0.39 is 23.2 Å². The Labute approximate surface area is 138 Å². The summed E-state index contributed by atoms with van der Waals surface area (Å²) in [6.45, 7) is 5.93. The SMILES string of the molecule is CC(C)(C)c1ncncc1CNC(=O)c1ccccc1C(F)(F)F. The average molecular weight is 337 g/mol. The van der Waals surface area contributed by atoms with Crippen LogP contribution in [0.15, 0.2) is 36.8 Å². The van der Waals surface area contributed by atoms with Crippen molar-refractivity contribution in [2.75, 3.05) is 0 Å². The molecule has 0 saturated heterocycles. The fraction of sp³-hybridized carbons (Fsp3) is 0.353. The second kappa shape index (κ2) is 6.59. The van der Waals surface area contributed by atoms with Crippen molar-refractivity contribution < 1.29 is 18.0 Å². The highest BCUT2D eigenvalue weighted by Crippen LogP contribution is 2.31. The summed E-state index contributed by atoms with van der Waals surface area (Å²) in [6.07, 6.45) is -1.62. The third-order valence-electron chi connectivity index (χ3n) is 3.41. The summed E-state index contributed by atoms with van der Waals surface area (Å²) in [4.78, 5) is 20.3. The van der Waals surface area contributed by atoms with Crippen molar-refractivity contribution in [3.8, 4) is 0 Å². The molecule has 0 bridgehead atoms. The zero-order valence-corrected chi connectivity index (χ0v) is 13.6. The standard InChI is InChI=1S/C17H18F3N3O/c1-16(2,3)14-11(8-21-10-23-14)9-22-15(24)12-6-4-5-7-13(12)17(18,19)20/h4-8,10H,9H2,1-3H3,(H,22,24). The van der Waals surface area contributed by atoms with Gasteiger partial charge in [0.15, 0.2) is 0 Å². The fourth-order valence-corrected chi connectivity index (χ4v) is 2.36. The molecule has 0 aliphatic rings. The van der Waals surface area contributed by atoms with E-state index in [9.17, 15) is 18.0 Å². The predicted octanol–water partition coefficient (Wildman–Crippen LogP) is 3.72. The van der Waals surface area contributed by atoms with E-state index in [1.807, 2.05) is 20.8 Å². The maximum Gasteiger partial charge on any atom is 0.417 e. The van der Waals surface area contributed by atoms with Crippen molar-refractivity contribution in [1.29, 1.82) is 0 Å². The minimum absolute atomic E-state index is 0.0540. The second-order valence-corrected chi connectivity index (χ2v) is 6.37. The number of nitrogens with zero attached hydrogens (tertiary/aromatic N) is 2. The summed E-state index contributed by atoms with van der Waals surface area (Å²) in [5.74, 6) is -0.786. The third kappa shape index (κ3) is 4.10. The van der Waals surface area contributed by atoms with Gasteiger partial charge >= 0.3 is 6.18 Å². The van der Waals surface area contributed by atoms with Crippen LogP contribution in [0.25, 0.3) is 0 Å². The molecule has 24 heavy (non-hydrogen) atoms. The number of rotatable bonds is 3. The van der Waals surface area contributed by atoms with Gasteiger partial charge in [-0.05, 0) is 12.1 Å². The monoisotopic (exact) mass is 337 g/mol. The van der Waals surface area contributed by atoms with Crippen molar-refractivity contribution >= 4 is 5.91 Å². The molecule has 0 aliphatic heterocycles. The van der Waals surface area contributed by atoms with E-state index in [2.05, 4.69) is 15.3 Å². The van der Waals surface area contributed by atoms with Crippen molar-refractivity contribution in [3.05, 3.63) is 59.2 Å². The molecular weight excluding hydrogens is 319 g/mol. The minimum Gasteiger partial charge on any atom is -0.348 e. The highest BCUT2D eigenvalue weighted by atomic mass is 19.4. The largest absolute Gasteiger partial charge is 0.417 e. The summed E-state index contributed by atoms with van der Waals surface area (Å²) in [7, 11) is 0. The number of carbonyl (C=O) groups excluding carboxylic acids is 1. The van der Waals surface area contributed by atoms with Crippen molar-refractivity contribution in [3.63, 3.8) is 0 Å².